The number of nitrogens with zero attached hydrogens (tertiary/aromatic N) is 3. The monoisotopic (exact) mass is 312 g/mol. The van der Waals surface area contributed by atoms with Crippen molar-refractivity contribution >= 4 is 0 Å². The van der Waals surface area contributed by atoms with E-state index in [1.165, 1.54) is 6.33 Å². The summed E-state index contributed by atoms with van der Waals surface area (Å²) in [5.41, 5.74) is 0. The lowest BCUT2D eigenvalue weighted by Crippen LogP contribution is -2.38. The molecule has 1 unspecified atom stereocenters. The van der Waals surface area contributed by atoms with Gasteiger partial charge in [0.2, 0.25) is 0 Å². The molecular weight excluding hydrogens is 292 g/mol. The van der Waals surface area contributed by atoms with E-state index in [2.05, 4.69) is 15.4 Å². The molecule has 0 saturated carbocycles. The van der Waals surface area contributed by atoms with Crippen molar-refractivity contribution in [1.29, 1.82) is 0 Å². The summed E-state index contributed by atoms with van der Waals surface area (Å²) in [6.07, 6.45) is -1.92. The van der Waals surface area contributed by atoms with Crippen LogP contribution < -0.4 is 5.32 Å². The molecular formula is C12H20F4N4O. The summed E-state index contributed by atoms with van der Waals surface area (Å²) in [5, 5.41) is 6.95. The maximum Gasteiger partial charge on any atom is 0.330 e. The highest BCUT2D eigenvalue weighted by molar-refractivity contribution is 4.91. The molecule has 0 amide bonds. The quantitative estimate of drug-likeness (QED) is 0.708. The number of alkyl halides is 4. The minimum absolute atomic E-state index is 0.115. The third-order valence-electron chi connectivity index (χ3n) is 2.91. The smallest absolute Gasteiger partial charge is 0.330 e. The zero-order valence-corrected chi connectivity index (χ0v) is 12.2. The lowest BCUT2D eigenvalue weighted by Gasteiger charge is -2.20. The summed E-state index contributed by atoms with van der Waals surface area (Å²) in [6.45, 7) is 2.45. The van der Waals surface area contributed by atoms with Crippen LogP contribution in [0.2, 0.25) is 0 Å². The standard InChI is InChI=1S/C12H20F4N4O/c1-8(2)20-10(18-7-19-20)4-9(17-3)5-21-6-12(15,16)11(13)14/h7-9,11,17H,4-6H2,1-3H3. The van der Waals surface area contributed by atoms with Gasteiger partial charge in [-0.05, 0) is 20.9 Å². The molecule has 1 rings (SSSR count). The zero-order chi connectivity index (χ0) is 16.0. The van der Waals surface area contributed by atoms with Crippen LogP contribution in [0, 0.1) is 0 Å². The van der Waals surface area contributed by atoms with Crippen LogP contribution in [0.3, 0.4) is 0 Å². The first-order valence-corrected chi connectivity index (χ1v) is 6.57. The fraction of sp³-hybridized carbons (Fsp3) is 0.833. The molecule has 0 aromatic carbocycles. The van der Waals surface area contributed by atoms with Crippen LogP contribution in [0.1, 0.15) is 25.7 Å². The molecule has 0 bridgehead atoms. The number of nitrogens with one attached hydrogen (secondary N) is 1. The molecule has 0 aliphatic heterocycles. The molecule has 0 saturated heterocycles. The van der Waals surface area contributed by atoms with Gasteiger partial charge in [-0.25, -0.2) is 18.4 Å². The number of likely N-dealkylation sites (N-methyl/N-ethyl adjacent to an activating group) is 1. The highest BCUT2D eigenvalue weighted by atomic mass is 19.3. The van der Waals surface area contributed by atoms with Gasteiger partial charge in [-0.3, -0.25) is 0 Å². The SMILES string of the molecule is CNC(COCC(F)(F)C(F)F)Cc1ncnn1C(C)C. The minimum atomic E-state index is -4.13. The van der Waals surface area contributed by atoms with E-state index in [1.54, 1.807) is 11.7 Å². The number of hydrogen-bond acceptors (Lipinski definition) is 4. The number of hydrogen-bond donors (Lipinski definition) is 1. The van der Waals surface area contributed by atoms with Crippen LogP contribution in [0.5, 0.6) is 0 Å². The largest absolute Gasteiger partial charge is 0.373 e. The highest BCUT2D eigenvalue weighted by Gasteiger charge is 2.41. The molecule has 1 N–H and O–H groups in total. The fourth-order valence-electron chi connectivity index (χ4n) is 1.72. The third kappa shape index (κ3) is 5.24. The van der Waals surface area contributed by atoms with Crippen molar-refractivity contribution in [2.24, 2.45) is 0 Å². The first kappa shape index (κ1) is 17.8. The predicted molar refractivity (Wildman–Crippen MR) is 68.7 cm³/mol. The average molecular weight is 312 g/mol. The molecule has 1 aromatic heterocycles. The summed E-state index contributed by atoms with van der Waals surface area (Å²) in [5.74, 6) is -3.45. The van der Waals surface area contributed by atoms with Crippen molar-refractivity contribution < 1.29 is 22.3 Å². The van der Waals surface area contributed by atoms with E-state index in [-0.39, 0.29) is 18.7 Å². The van der Waals surface area contributed by atoms with Crippen molar-refractivity contribution in [2.75, 3.05) is 20.3 Å². The Morgan fingerprint density at radius 3 is 2.57 bits per heavy atom. The first-order valence-electron chi connectivity index (χ1n) is 6.57. The predicted octanol–water partition coefficient (Wildman–Crippen LogP) is 1.91. The second-order valence-corrected chi connectivity index (χ2v) is 4.98. The van der Waals surface area contributed by atoms with Gasteiger partial charge in [0.25, 0.3) is 0 Å². The van der Waals surface area contributed by atoms with E-state index >= 15 is 0 Å². The maximum atomic E-state index is 12.7. The third-order valence-corrected chi connectivity index (χ3v) is 2.91. The van der Waals surface area contributed by atoms with E-state index in [0.717, 1.165) is 0 Å². The van der Waals surface area contributed by atoms with Gasteiger partial charge < -0.3 is 10.1 Å². The van der Waals surface area contributed by atoms with Gasteiger partial charge in [0.1, 0.15) is 18.8 Å². The van der Waals surface area contributed by atoms with Gasteiger partial charge in [-0.15, -0.1) is 0 Å². The zero-order valence-electron chi connectivity index (χ0n) is 12.2. The molecule has 1 atom stereocenters. The van der Waals surface area contributed by atoms with Crippen LogP contribution in [-0.4, -0.2) is 53.4 Å². The Balaban J connectivity index is 2.51. The molecule has 0 radical (unpaired) electrons. The lowest BCUT2D eigenvalue weighted by atomic mass is 10.2. The van der Waals surface area contributed by atoms with Gasteiger partial charge in [0.05, 0.1) is 6.61 Å². The number of aromatic nitrogens is 3. The lowest BCUT2D eigenvalue weighted by molar-refractivity contribution is -0.166. The van der Waals surface area contributed by atoms with Crippen LogP contribution in [0.25, 0.3) is 0 Å². The Labute approximate surface area is 120 Å². The van der Waals surface area contributed by atoms with Crippen LogP contribution in [-0.2, 0) is 11.2 Å². The number of rotatable bonds is 9. The Kier molecular flexibility index (Phi) is 6.53. The van der Waals surface area contributed by atoms with E-state index in [0.29, 0.717) is 12.2 Å². The summed E-state index contributed by atoms with van der Waals surface area (Å²) in [6, 6.07) is -0.204. The molecule has 0 spiro atoms. The summed E-state index contributed by atoms with van der Waals surface area (Å²) in [4.78, 5) is 4.10. The van der Waals surface area contributed by atoms with Gasteiger partial charge in [-0.1, -0.05) is 0 Å². The van der Waals surface area contributed by atoms with Crippen molar-refractivity contribution in [2.45, 2.75) is 44.7 Å². The molecule has 0 aliphatic rings. The maximum absolute atomic E-state index is 12.7. The van der Waals surface area contributed by atoms with E-state index < -0.39 is 19.0 Å². The molecule has 21 heavy (non-hydrogen) atoms. The Hall–Kier alpha value is -1.22. The van der Waals surface area contributed by atoms with Crippen LogP contribution in [0.15, 0.2) is 6.33 Å². The molecule has 1 heterocycles. The Morgan fingerprint density at radius 1 is 1.38 bits per heavy atom. The van der Waals surface area contributed by atoms with E-state index in [4.69, 9.17) is 4.74 Å². The molecule has 1 aromatic rings. The van der Waals surface area contributed by atoms with E-state index in [9.17, 15) is 17.6 Å². The number of halogens is 4. The summed E-state index contributed by atoms with van der Waals surface area (Å²) in [7, 11) is 1.63. The van der Waals surface area contributed by atoms with Crippen LogP contribution in [0.4, 0.5) is 17.6 Å². The van der Waals surface area contributed by atoms with Crippen molar-refractivity contribution in [3.63, 3.8) is 0 Å². The summed E-state index contributed by atoms with van der Waals surface area (Å²) >= 11 is 0. The molecule has 0 aliphatic carbocycles. The van der Waals surface area contributed by atoms with Crippen molar-refractivity contribution in [1.82, 2.24) is 20.1 Å². The molecule has 9 heteroatoms. The molecule has 0 fully saturated rings. The second kappa shape index (κ2) is 7.69. The molecule has 122 valence electrons. The second-order valence-electron chi connectivity index (χ2n) is 4.98. The van der Waals surface area contributed by atoms with Gasteiger partial charge >= 0.3 is 12.3 Å². The molecule has 5 nitrogen and oxygen atoms in total. The highest BCUT2D eigenvalue weighted by Crippen LogP contribution is 2.22. The van der Waals surface area contributed by atoms with Gasteiger partial charge in [-0.2, -0.15) is 13.9 Å². The average Bonchev–Trinajstić information content (AvgIpc) is 2.85. The minimum Gasteiger partial charge on any atom is -0.373 e. The Morgan fingerprint density at radius 2 is 2.05 bits per heavy atom. The topological polar surface area (TPSA) is 52.0 Å². The van der Waals surface area contributed by atoms with Gasteiger partial charge in [0.15, 0.2) is 0 Å². The van der Waals surface area contributed by atoms with Crippen molar-refractivity contribution in [3.05, 3.63) is 12.2 Å². The number of ether oxygens (including phenoxy) is 1. The van der Waals surface area contributed by atoms with Crippen molar-refractivity contribution in [3.8, 4) is 0 Å². The van der Waals surface area contributed by atoms with E-state index in [1.807, 2.05) is 13.8 Å². The van der Waals surface area contributed by atoms with Gasteiger partial charge in [0, 0.05) is 18.5 Å². The fourth-order valence-corrected chi connectivity index (χ4v) is 1.72. The Bertz CT molecular complexity index is 425. The normalized spacial score (nSPS) is 14.1. The first-order chi connectivity index (χ1) is 9.77. The van der Waals surface area contributed by atoms with Crippen LogP contribution >= 0.6 is 0 Å². The summed E-state index contributed by atoms with van der Waals surface area (Å²) < 4.78 is 55.9.